The Kier molecular flexibility index (Phi) is 9.21. The minimum atomic E-state index is -4.81. The van der Waals surface area contributed by atoms with Gasteiger partial charge in [-0.1, -0.05) is 6.07 Å². The van der Waals surface area contributed by atoms with E-state index in [4.69, 9.17) is 4.52 Å². The highest BCUT2D eigenvalue weighted by Gasteiger charge is 2.33. The van der Waals surface area contributed by atoms with E-state index in [1.165, 1.54) is 6.20 Å². The lowest BCUT2D eigenvalue weighted by atomic mass is 9.86. The Morgan fingerprint density at radius 3 is 2.24 bits per heavy atom. The van der Waals surface area contributed by atoms with E-state index in [1.807, 2.05) is 14.1 Å². The molecule has 0 saturated heterocycles. The first kappa shape index (κ1) is 29.9. The van der Waals surface area contributed by atoms with Crippen LogP contribution in [0.25, 0.3) is 0 Å². The van der Waals surface area contributed by atoms with Crippen LogP contribution >= 0.6 is 0 Å². The van der Waals surface area contributed by atoms with E-state index in [2.05, 4.69) is 26.1 Å². The molecular formula is C27H30F5N6O3+. The lowest BCUT2D eigenvalue weighted by Crippen LogP contribution is -2.43. The number of carbonyl (C=O) groups is 2. The maximum atomic E-state index is 13.9. The number of hydrogen-bond acceptors (Lipinski definition) is 5. The molecule has 0 unspecified atom stereocenters. The minimum absolute atomic E-state index is 0.00895. The number of halogens is 5. The summed E-state index contributed by atoms with van der Waals surface area (Å²) in [5.74, 6) is -2.29. The van der Waals surface area contributed by atoms with Crippen LogP contribution in [0.1, 0.15) is 42.9 Å². The molecule has 0 bridgehead atoms. The highest BCUT2D eigenvalue weighted by molar-refractivity contribution is 6.00. The molecule has 1 aromatic heterocycles. The molecule has 0 atom stereocenters. The molecule has 9 nitrogen and oxygen atoms in total. The van der Waals surface area contributed by atoms with Gasteiger partial charge in [-0.2, -0.15) is 13.2 Å². The summed E-state index contributed by atoms with van der Waals surface area (Å²) in [6.07, 6.45) is -0.220. The fourth-order valence-electron chi connectivity index (χ4n) is 4.87. The molecule has 0 radical (unpaired) electrons. The second kappa shape index (κ2) is 12.6. The monoisotopic (exact) mass is 581 g/mol. The van der Waals surface area contributed by atoms with Crippen molar-refractivity contribution in [2.75, 3.05) is 36.6 Å². The van der Waals surface area contributed by atoms with E-state index in [-0.39, 0.29) is 23.3 Å². The molecule has 220 valence electrons. The van der Waals surface area contributed by atoms with Crippen LogP contribution in [0.5, 0.6) is 0 Å². The van der Waals surface area contributed by atoms with Gasteiger partial charge in [0.15, 0.2) is 6.04 Å². The van der Waals surface area contributed by atoms with Crippen LogP contribution in [0.2, 0.25) is 0 Å². The van der Waals surface area contributed by atoms with Crippen molar-refractivity contribution in [1.82, 2.24) is 10.2 Å². The third-order valence-electron chi connectivity index (χ3n) is 6.73. The quantitative estimate of drug-likeness (QED) is 0.245. The highest BCUT2D eigenvalue weighted by atomic mass is 19.4. The number of alkyl halides is 3. The summed E-state index contributed by atoms with van der Waals surface area (Å²) in [7, 11) is 4.07. The predicted octanol–water partition coefficient (Wildman–Crippen LogP) is 5.38. The number of benzene rings is 2. The van der Waals surface area contributed by atoms with Crippen molar-refractivity contribution >= 4 is 29.2 Å². The minimum Gasteiger partial charge on any atom is -0.326 e. The summed E-state index contributed by atoms with van der Waals surface area (Å²) in [5, 5.41) is 10.8. The molecule has 0 spiro atoms. The molecule has 3 aromatic rings. The Hall–Kier alpha value is -4.07. The van der Waals surface area contributed by atoms with Crippen molar-refractivity contribution in [1.29, 1.82) is 0 Å². The molecule has 41 heavy (non-hydrogen) atoms. The van der Waals surface area contributed by atoms with Gasteiger partial charge >= 0.3 is 18.1 Å². The summed E-state index contributed by atoms with van der Waals surface area (Å²) >= 11 is 0. The van der Waals surface area contributed by atoms with Gasteiger partial charge in [0.2, 0.25) is 11.2 Å². The fraction of sp³-hybridized carbons (Fsp3) is 0.407. The first-order valence-electron chi connectivity index (χ1n) is 12.9. The summed E-state index contributed by atoms with van der Waals surface area (Å²) in [4.78, 5) is 27.1. The van der Waals surface area contributed by atoms with Crippen LogP contribution in [-0.2, 0) is 17.4 Å². The van der Waals surface area contributed by atoms with Gasteiger partial charge < -0.3 is 15.5 Å². The first-order valence-corrected chi connectivity index (χ1v) is 12.9. The van der Waals surface area contributed by atoms with Gasteiger partial charge in [-0.15, -0.1) is 0 Å². The summed E-state index contributed by atoms with van der Waals surface area (Å²) in [6, 6.07) is 4.64. The molecule has 1 saturated carbocycles. The van der Waals surface area contributed by atoms with Crippen LogP contribution in [0.3, 0.4) is 0 Å². The van der Waals surface area contributed by atoms with Gasteiger partial charge in [0, 0.05) is 36.3 Å². The van der Waals surface area contributed by atoms with E-state index in [1.54, 1.807) is 4.68 Å². The Balaban J connectivity index is 1.40. The van der Waals surface area contributed by atoms with Gasteiger partial charge in [0.25, 0.3) is 6.20 Å². The molecule has 1 fully saturated rings. The second-order valence-corrected chi connectivity index (χ2v) is 10.3. The van der Waals surface area contributed by atoms with E-state index in [0.29, 0.717) is 18.1 Å². The van der Waals surface area contributed by atoms with Gasteiger partial charge in [0.1, 0.15) is 11.6 Å². The van der Waals surface area contributed by atoms with Crippen LogP contribution < -0.4 is 20.6 Å². The molecule has 1 heterocycles. The van der Waals surface area contributed by atoms with E-state index in [9.17, 15) is 31.5 Å². The largest absolute Gasteiger partial charge is 0.416 e. The molecule has 0 aliphatic heterocycles. The number of aromatic nitrogens is 2. The Labute approximate surface area is 232 Å². The average molecular weight is 582 g/mol. The molecule has 3 N–H and O–H groups in total. The standard InChI is InChI=1S/C27H29F5N6O3/c1-37(2)14-16-6-8-20(9-7-16)38-15-25(41-36-38)35-26(40)34-19-11-17(27(30,31)32)10-18(12-19)33-24(39)13-21-22(28)4-3-5-23(21)29/h3-5,10-12,15-16,20H,6-9,13-14H2,1-2H3,(H2-,33,34,35,36,39,40)/p+1. The number of rotatable bonds is 8. The topological polar surface area (TPSA) is 103 Å². The molecule has 3 amide bonds. The van der Waals surface area contributed by atoms with Gasteiger partial charge in [0.05, 0.1) is 12.0 Å². The van der Waals surface area contributed by atoms with Crippen molar-refractivity contribution in [2.24, 2.45) is 5.92 Å². The molecule has 1 aliphatic carbocycles. The number of hydrogen-bond donors (Lipinski definition) is 3. The second-order valence-electron chi connectivity index (χ2n) is 10.3. The normalized spacial score (nSPS) is 17.4. The van der Waals surface area contributed by atoms with Crippen molar-refractivity contribution in [2.45, 2.75) is 44.3 Å². The number of nitrogens with one attached hydrogen (secondary N) is 3. The first-order chi connectivity index (χ1) is 19.4. The summed E-state index contributed by atoms with van der Waals surface area (Å²) in [6.45, 7) is 1.01. The van der Waals surface area contributed by atoms with Gasteiger partial charge in [-0.3, -0.25) is 14.6 Å². The smallest absolute Gasteiger partial charge is 0.326 e. The number of amides is 3. The van der Waals surface area contributed by atoms with Crippen molar-refractivity contribution in [3.05, 3.63) is 65.4 Å². The number of nitrogens with zero attached hydrogens (tertiary/aromatic N) is 3. The van der Waals surface area contributed by atoms with E-state index < -0.39 is 47.3 Å². The lowest BCUT2D eigenvalue weighted by Gasteiger charge is -2.26. The summed E-state index contributed by atoms with van der Waals surface area (Å²) in [5.41, 5.74) is -2.32. The molecule has 4 rings (SSSR count). The van der Waals surface area contributed by atoms with Gasteiger partial charge in [-0.25, -0.2) is 13.6 Å². The zero-order chi connectivity index (χ0) is 29.7. The van der Waals surface area contributed by atoms with Crippen LogP contribution in [0.15, 0.2) is 47.1 Å². The zero-order valence-corrected chi connectivity index (χ0v) is 22.4. The molecule has 2 aromatic carbocycles. The van der Waals surface area contributed by atoms with Gasteiger partial charge in [-0.05, 0) is 67.9 Å². The fourth-order valence-corrected chi connectivity index (χ4v) is 4.87. The maximum Gasteiger partial charge on any atom is 0.416 e. The van der Waals surface area contributed by atoms with E-state index >= 15 is 0 Å². The highest BCUT2D eigenvalue weighted by Crippen LogP contribution is 2.34. The SMILES string of the molecule is CN(C)CC1CCC([n+]2cc(NC(=O)Nc3cc(NC(=O)Cc4c(F)cccc4F)cc(C(F)(F)F)c3)on2)CC1. The van der Waals surface area contributed by atoms with E-state index in [0.717, 1.165) is 56.5 Å². The third kappa shape index (κ3) is 8.22. The average Bonchev–Trinajstić information content (AvgIpc) is 3.34. The predicted molar refractivity (Wildman–Crippen MR) is 139 cm³/mol. The molecule has 14 heteroatoms. The Bertz CT molecular complexity index is 1370. The Morgan fingerprint density at radius 2 is 1.63 bits per heavy atom. The van der Waals surface area contributed by atoms with Crippen LogP contribution in [0, 0.1) is 17.6 Å². The third-order valence-corrected chi connectivity index (χ3v) is 6.73. The van der Waals surface area contributed by atoms with Crippen molar-refractivity contribution in [3.63, 3.8) is 0 Å². The summed E-state index contributed by atoms with van der Waals surface area (Å²) < 4.78 is 75.1. The maximum absolute atomic E-state index is 13.9. The zero-order valence-electron chi connectivity index (χ0n) is 22.4. The van der Waals surface area contributed by atoms with Crippen molar-refractivity contribution < 1.29 is 40.7 Å². The van der Waals surface area contributed by atoms with Crippen molar-refractivity contribution in [3.8, 4) is 0 Å². The Morgan fingerprint density at radius 1 is 1.00 bits per heavy atom. The van der Waals surface area contributed by atoms with Crippen LogP contribution in [0.4, 0.5) is 44.0 Å². The van der Waals surface area contributed by atoms with Crippen LogP contribution in [-0.4, -0.2) is 42.7 Å². The number of anilines is 3. The lowest BCUT2D eigenvalue weighted by molar-refractivity contribution is -0.787. The molecular weight excluding hydrogens is 551 g/mol. The molecule has 1 aliphatic rings. The number of carbonyl (C=O) groups excluding carboxylic acids is 2. The number of urea groups is 1.